The fraction of sp³-hybridized carbons (Fsp3) is 0.267. The Morgan fingerprint density at radius 1 is 1.00 bits per heavy atom. The molecule has 2 heterocycles. The maximum atomic E-state index is 12.8. The topological polar surface area (TPSA) is 172 Å². The first-order valence-electron chi connectivity index (χ1n) is 13.3. The van der Waals surface area contributed by atoms with Crippen LogP contribution in [0.25, 0.3) is 0 Å². The van der Waals surface area contributed by atoms with Crippen LogP contribution in [-0.4, -0.2) is 39.8 Å². The summed E-state index contributed by atoms with van der Waals surface area (Å²) >= 11 is 0. The Labute approximate surface area is 242 Å². The summed E-state index contributed by atoms with van der Waals surface area (Å²) in [5.41, 5.74) is 13.2. The molecule has 6 N–H and O–H groups in total. The predicted molar refractivity (Wildman–Crippen MR) is 157 cm³/mol. The van der Waals surface area contributed by atoms with Gasteiger partial charge in [0.1, 0.15) is 24.2 Å². The average Bonchev–Trinajstić information content (AvgIpc) is 3.38. The summed E-state index contributed by atoms with van der Waals surface area (Å²) in [6.45, 7) is 1.56. The van der Waals surface area contributed by atoms with Gasteiger partial charge in [-0.2, -0.15) is 0 Å². The van der Waals surface area contributed by atoms with Crippen molar-refractivity contribution in [3.05, 3.63) is 134 Å². The van der Waals surface area contributed by atoms with Crippen LogP contribution in [0, 0.1) is 6.92 Å². The molecule has 12 heteroatoms. The van der Waals surface area contributed by atoms with Crippen molar-refractivity contribution in [2.75, 3.05) is 7.11 Å². The Bertz CT molecular complexity index is 1650. The number of hydrogen-bond acceptors (Lipinski definition) is 7. The lowest BCUT2D eigenvalue weighted by atomic mass is 9.63. The third kappa shape index (κ3) is 5.63. The minimum Gasteiger partial charge on any atom is -0.497 e. The second kappa shape index (κ2) is 11.8. The summed E-state index contributed by atoms with van der Waals surface area (Å²) in [6.07, 6.45) is -1.76. The van der Waals surface area contributed by atoms with Crippen LogP contribution in [0.4, 0.5) is 0 Å². The molecule has 1 aliphatic rings. The number of hydrogen-bond donors (Lipinski definition) is 4. The molecule has 1 aliphatic heterocycles. The van der Waals surface area contributed by atoms with Gasteiger partial charge in [0.05, 0.1) is 18.6 Å². The monoisotopic (exact) mass is 592 g/mol. The number of methoxy groups -OCH3 is 1. The number of rotatable bonds is 9. The van der Waals surface area contributed by atoms with Crippen LogP contribution in [0.1, 0.15) is 34.9 Å². The molecule has 3 aromatic carbocycles. The summed E-state index contributed by atoms with van der Waals surface area (Å²) in [6, 6.07) is 25.8. The molecule has 0 saturated carbocycles. The van der Waals surface area contributed by atoms with E-state index in [0.29, 0.717) is 5.75 Å². The van der Waals surface area contributed by atoms with Gasteiger partial charge in [-0.1, -0.05) is 72.8 Å². The zero-order chi connectivity index (χ0) is 30.1. The molecular weight excluding hydrogens is 559 g/mol. The molecule has 11 nitrogen and oxygen atoms in total. The number of nitrogens with zero attached hydrogens (tertiary/aromatic N) is 1. The number of aromatic nitrogens is 2. The van der Waals surface area contributed by atoms with Gasteiger partial charge in [0, 0.05) is 18.2 Å². The SMILES string of the molecule is COc1ccc(C(c2ccccc2)(c2ccccc2)C(N)[C@H]2O[C@@H](n3cc(C)c(=O)[nH]c3=O)C[C@@H]2OP(N)(=O)O)cc1. The lowest BCUT2D eigenvalue weighted by Crippen LogP contribution is -2.57. The first-order chi connectivity index (χ1) is 20.0. The van der Waals surface area contributed by atoms with Crippen molar-refractivity contribution in [1.82, 2.24) is 9.55 Å². The number of nitrogens with two attached hydrogens (primary N) is 2. The van der Waals surface area contributed by atoms with Crippen LogP contribution < -0.4 is 27.2 Å². The quantitative estimate of drug-likeness (QED) is 0.168. The van der Waals surface area contributed by atoms with Crippen molar-refractivity contribution in [1.29, 1.82) is 0 Å². The molecule has 1 fully saturated rings. The minimum atomic E-state index is -4.52. The first kappa shape index (κ1) is 29.7. The van der Waals surface area contributed by atoms with Gasteiger partial charge in [0.2, 0.25) is 0 Å². The highest BCUT2D eigenvalue weighted by atomic mass is 31.2. The van der Waals surface area contributed by atoms with Crippen molar-refractivity contribution in [2.45, 2.75) is 43.2 Å². The predicted octanol–water partition coefficient (Wildman–Crippen LogP) is 2.95. The highest BCUT2D eigenvalue weighted by Gasteiger charge is 2.52. The number of aromatic amines is 1. The summed E-state index contributed by atoms with van der Waals surface area (Å²) in [4.78, 5) is 37.1. The number of benzene rings is 3. The summed E-state index contributed by atoms with van der Waals surface area (Å²) in [5, 5.41) is 0. The zero-order valence-electron chi connectivity index (χ0n) is 23.1. The molecule has 0 spiro atoms. The lowest BCUT2D eigenvalue weighted by Gasteiger charge is -2.44. The number of aryl methyl sites for hydroxylation is 1. The Morgan fingerprint density at radius 2 is 1.55 bits per heavy atom. The Hall–Kier alpha value is -3.83. The molecule has 0 amide bonds. The first-order valence-corrected chi connectivity index (χ1v) is 15.0. The van der Waals surface area contributed by atoms with E-state index in [2.05, 4.69) is 4.98 Å². The van der Waals surface area contributed by atoms with Crippen molar-refractivity contribution in [2.24, 2.45) is 11.2 Å². The van der Waals surface area contributed by atoms with Crippen LogP contribution in [-0.2, 0) is 19.2 Å². The van der Waals surface area contributed by atoms with E-state index >= 15 is 0 Å². The second-order valence-corrected chi connectivity index (χ2v) is 11.6. The molecule has 0 radical (unpaired) electrons. The lowest BCUT2D eigenvalue weighted by molar-refractivity contribution is -0.0376. The third-order valence-corrected chi connectivity index (χ3v) is 8.29. The van der Waals surface area contributed by atoms with E-state index in [9.17, 15) is 19.0 Å². The van der Waals surface area contributed by atoms with Gasteiger partial charge < -0.3 is 20.1 Å². The molecule has 0 bridgehead atoms. The highest BCUT2D eigenvalue weighted by molar-refractivity contribution is 7.50. The van der Waals surface area contributed by atoms with E-state index in [1.54, 1.807) is 14.0 Å². The van der Waals surface area contributed by atoms with Crippen LogP contribution in [0.15, 0.2) is 101 Å². The zero-order valence-corrected chi connectivity index (χ0v) is 24.0. The molecule has 42 heavy (non-hydrogen) atoms. The normalized spacial score (nSPS) is 21.0. The van der Waals surface area contributed by atoms with E-state index in [-0.39, 0.29) is 12.0 Å². The van der Waals surface area contributed by atoms with E-state index in [0.717, 1.165) is 16.7 Å². The Morgan fingerprint density at radius 3 is 2.07 bits per heavy atom. The molecule has 220 valence electrons. The van der Waals surface area contributed by atoms with E-state index in [1.807, 2.05) is 84.9 Å². The van der Waals surface area contributed by atoms with Crippen LogP contribution in [0.5, 0.6) is 5.75 Å². The Balaban J connectivity index is 1.72. The third-order valence-electron chi connectivity index (χ3n) is 7.71. The van der Waals surface area contributed by atoms with Crippen LogP contribution >= 0.6 is 7.75 Å². The van der Waals surface area contributed by atoms with Gasteiger partial charge in [-0.3, -0.25) is 18.9 Å². The van der Waals surface area contributed by atoms with Crippen LogP contribution in [0.2, 0.25) is 0 Å². The largest absolute Gasteiger partial charge is 0.497 e. The van der Waals surface area contributed by atoms with E-state index < -0.39 is 48.9 Å². The van der Waals surface area contributed by atoms with Gasteiger partial charge in [0.15, 0.2) is 0 Å². The summed E-state index contributed by atoms with van der Waals surface area (Å²) < 4.78 is 30.9. The maximum absolute atomic E-state index is 12.8. The molecule has 0 aliphatic carbocycles. The molecule has 1 aromatic heterocycles. The maximum Gasteiger partial charge on any atom is 0.400 e. The molecule has 2 unspecified atom stereocenters. The summed E-state index contributed by atoms with van der Waals surface area (Å²) in [5.74, 6) is 0.651. The molecule has 5 atom stereocenters. The molecule has 4 aromatic rings. The highest BCUT2D eigenvalue weighted by Crippen LogP contribution is 2.48. The van der Waals surface area contributed by atoms with Crippen molar-refractivity contribution in [3.8, 4) is 5.75 Å². The van der Waals surface area contributed by atoms with E-state index in [1.165, 1.54) is 10.8 Å². The molecule has 1 saturated heterocycles. The molecular formula is C30H33N4O7P. The Kier molecular flexibility index (Phi) is 8.34. The van der Waals surface area contributed by atoms with Crippen LogP contribution in [0.3, 0.4) is 0 Å². The average molecular weight is 593 g/mol. The van der Waals surface area contributed by atoms with Gasteiger partial charge in [0.25, 0.3) is 5.56 Å². The molecule has 5 rings (SSSR count). The van der Waals surface area contributed by atoms with Gasteiger partial charge in [-0.25, -0.2) is 14.9 Å². The number of H-pyrrole nitrogens is 1. The van der Waals surface area contributed by atoms with Gasteiger partial charge in [-0.05, 0) is 35.7 Å². The standard InChI is InChI=1S/C30H33N4O7P/c1-19-18-34(29(36)33-28(19)35)25-17-24(41-42(32,37)38)26(40-25)27(31)30(20-9-5-3-6-10-20,21-11-7-4-8-12-21)22-13-15-23(39-2)16-14-22/h3-16,18,24-27H,17,31H2,1-2H3,(H3,32,37,38)(H,33,35,36)/t24-,25+,26-,27?/m0/s1. The second-order valence-electron chi connectivity index (χ2n) is 10.3. The fourth-order valence-corrected chi connectivity index (χ4v) is 6.42. The fourth-order valence-electron chi connectivity index (χ4n) is 5.83. The van der Waals surface area contributed by atoms with Crippen molar-refractivity contribution < 1.29 is 23.5 Å². The van der Waals surface area contributed by atoms with E-state index in [4.69, 9.17) is 25.2 Å². The summed E-state index contributed by atoms with van der Waals surface area (Å²) in [7, 11) is -2.93. The van der Waals surface area contributed by atoms with Gasteiger partial charge >= 0.3 is 13.4 Å². The van der Waals surface area contributed by atoms with Crippen molar-refractivity contribution in [3.63, 3.8) is 0 Å². The van der Waals surface area contributed by atoms with Crippen molar-refractivity contribution >= 4 is 7.75 Å². The minimum absolute atomic E-state index is 0.0339. The number of nitrogens with one attached hydrogen (secondary N) is 1. The number of ether oxygens (including phenoxy) is 2. The van der Waals surface area contributed by atoms with Gasteiger partial charge in [-0.15, -0.1) is 0 Å². The smallest absolute Gasteiger partial charge is 0.400 e.